The van der Waals surface area contributed by atoms with Gasteiger partial charge in [0, 0.05) is 5.92 Å². The number of hydrogen-bond donors (Lipinski definition) is 0. The second-order valence-corrected chi connectivity index (χ2v) is 4.44. The highest BCUT2D eigenvalue weighted by molar-refractivity contribution is 5.95. The molecule has 0 heterocycles. The molecule has 86 valence electrons. The molecule has 0 fully saturated rings. The minimum atomic E-state index is -0.113. The molecule has 0 aliphatic carbocycles. The summed E-state index contributed by atoms with van der Waals surface area (Å²) in [7, 11) is 0. The van der Waals surface area contributed by atoms with Crippen LogP contribution < -0.4 is 0 Å². The van der Waals surface area contributed by atoms with Crippen molar-refractivity contribution in [1.29, 1.82) is 0 Å². The summed E-state index contributed by atoms with van der Waals surface area (Å²) in [6.45, 7) is 7.53. The molecule has 0 bridgehead atoms. The Kier molecular flexibility index (Phi) is 3.10. The standard InChI is InChI=1S/C16H16O/c1-4-16(17)12(3)13-7-8-14-9-11(2)5-6-15(14)10-13/h4-10,12H,1H2,2-3H3/t12-/m0/s1. The number of hydrogen-bond acceptors (Lipinski definition) is 1. The molecule has 0 aromatic heterocycles. The van der Waals surface area contributed by atoms with Crippen molar-refractivity contribution in [3.8, 4) is 0 Å². The first-order valence-electron chi connectivity index (χ1n) is 5.78. The molecule has 2 aromatic rings. The van der Waals surface area contributed by atoms with Gasteiger partial charge in [0.25, 0.3) is 0 Å². The molecular weight excluding hydrogens is 208 g/mol. The Morgan fingerprint density at radius 2 is 1.82 bits per heavy atom. The number of carbonyl (C=O) groups is 1. The summed E-state index contributed by atoms with van der Waals surface area (Å²) in [4.78, 5) is 11.6. The lowest BCUT2D eigenvalue weighted by atomic mass is 9.94. The van der Waals surface area contributed by atoms with Crippen molar-refractivity contribution in [1.82, 2.24) is 0 Å². The van der Waals surface area contributed by atoms with Crippen LogP contribution in [0.2, 0.25) is 0 Å². The van der Waals surface area contributed by atoms with E-state index in [1.807, 2.05) is 13.0 Å². The Labute approximate surface area is 102 Å². The zero-order chi connectivity index (χ0) is 12.4. The van der Waals surface area contributed by atoms with Gasteiger partial charge in [-0.05, 0) is 29.3 Å². The van der Waals surface area contributed by atoms with Crippen LogP contribution in [-0.2, 0) is 4.79 Å². The van der Waals surface area contributed by atoms with Crippen molar-refractivity contribution in [3.63, 3.8) is 0 Å². The van der Waals surface area contributed by atoms with E-state index < -0.39 is 0 Å². The van der Waals surface area contributed by atoms with Gasteiger partial charge in [-0.25, -0.2) is 0 Å². The fourth-order valence-corrected chi connectivity index (χ4v) is 1.99. The molecule has 0 unspecified atom stereocenters. The topological polar surface area (TPSA) is 17.1 Å². The summed E-state index contributed by atoms with van der Waals surface area (Å²) in [5, 5.41) is 2.39. The third kappa shape index (κ3) is 2.28. The summed E-state index contributed by atoms with van der Waals surface area (Å²) in [5.74, 6) is -0.0466. The molecule has 1 heteroatoms. The van der Waals surface area contributed by atoms with Crippen LogP contribution in [0.5, 0.6) is 0 Å². The van der Waals surface area contributed by atoms with Crippen LogP contribution in [0.25, 0.3) is 10.8 Å². The van der Waals surface area contributed by atoms with Gasteiger partial charge in [-0.2, -0.15) is 0 Å². The molecule has 0 radical (unpaired) electrons. The van der Waals surface area contributed by atoms with Gasteiger partial charge < -0.3 is 0 Å². The fraction of sp³-hybridized carbons (Fsp3) is 0.188. The van der Waals surface area contributed by atoms with E-state index in [1.54, 1.807) is 0 Å². The van der Waals surface area contributed by atoms with Crippen LogP contribution in [0.1, 0.15) is 24.0 Å². The van der Waals surface area contributed by atoms with Crippen molar-refractivity contribution in [2.45, 2.75) is 19.8 Å². The molecule has 17 heavy (non-hydrogen) atoms. The summed E-state index contributed by atoms with van der Waals surface area (Å²) in [5.41, 5.74) is 2.30. The first-order valence-corrected chi connectivity index (χ1v) is 5.78. The molecule has 0 aliphatic heterocycles. The number of fused-ring (bicyclic) bond motifs is 1. The molecule has 0 saturated heterocycles. The number of rotatable bonds is 3. The molecule has 0 amide bonds. The number of ketones is 1. The Bertz CT molecular complexity index is 581. The van der Waals surface area contributed by atoms with E-state index in [0.29, 0.717) is 0 Å². The third-order valence-electron chi connectivity index (χ3n) is 3.15. The number of aryl methyl sites for hydroxylation is 1. The second kappa shape index (κ2) is 4.54. The molecule has 2 aromatic carbocycles. The minimum Gasteiger partial charge on any atom is -0.294 e. The van der Waals surface area contributed by atoms with Gasteiger partial charge in [0.2, 0.25) is 0 Å². The molecule has 0 saturated carbocycles. The van der Waals surface area contributed by atoms with Crippen molar-refractivity contribution in [2.24, 2.45) is 0 Å². The molecule has 0 aliphatic rings. The van der Waals surface area contributed by atoms with E-state index >= 15 is 0 Å². The molecule has 0 spiro atoms. The van der Waals surface area contributed by atoms with E-state index in [9.17, 15) is 4.79 Å². The normalized spacial score (nSPS) is 12.4. The predicted molar refractivity (Wildman–Crippen MR) is 72.3 cm³/mol. The summed E-state index contributed by atoms with van der Waals surface area (Å²) in [6, 6.07) is 12.5. The quantitative estimate of drug-likeness (QED) is 0.720. The number of allylic oxidation sites excluding steroid dienone is 1. The molecule has 0 N–H and O–H groups in total. The largest absolute Gasteiger partial charge is 0.294 e. The first-order chi connectivity index (χ1) is 8.11. The smallest absolute Gasteiger partial charge is 0.162 e. The maximum absolute atomic E-state index is 11.6. The highest BCUT2D eigenvalue weighted by Gasteiger charge is 2.12. The van der Waals surface area contributed by atoms with Crippen LogP contribution in [0.3, 0.4) is 0 Å². The predicted octanol–water partition coefficient (Wildman–Crippen LogP) is 4.01. The molecule has 1 atom stereocenters. The van der Waals surface area contributed by atoms with E-state index in [1.165, 1.54) is 22.4 Å². The van der Waals surface area contributed by atoms with Crippen LogP contribution in [-0.4, -0.2) is 5.78 Å². The monoisotopic (exact) mass is 224 g/mol. The van der Waals surface area contributed by atoms with Crippen LogP contribution in [0.15, 0.2) is 49.1 Å². The fourth-order valence-electron chi connectivity index (χ4n) is 1.99. The third-order valence-corrected chi connectivity index (χ3v) is 3.15. The summed E-state index contributed by atoms with van der Waals surface area (Å²) < 4.78 is 0. The number of carbonyl (C=O) groups excluding carboxylic acids is 1. The lowest BCUT2D eigenvalue weighted by molar-refractivity contribution is -0.115. The van der Waals surface area contributed by atoms with E-state index in [4.69, 9.17) is 0 Å². The first kappa shape index (κ1) is 11.6. The average molecular weight is 224 g/mol. The van der Waals surface area contributed by atoms with E-state index in [0.717, 1.165) is 5.56 Å². The SMILES string of the molecule is C=CC(=O)[C@@H](C)c1ccc2cc(C)ccc2c1. The highest BCUT2D eigenvalue weighted by Crippen LogP contribution is 2.23. The van der Waals surface area contributed by atoms with Crippen LogP contribution in [0.4, 0.5) is 0 Å². The van der Waals surface area contributed by atoms with E-state index in [-0.39, 0.29) is 11.7 Å². The van der Waals surface area contributed by atoms with Gasteiger partial charge in [0.1, 0.15) is 0 Å². The maximum Gasteiger partial charge on any atom is 0.162 e. The Morgan fingerprint density at radius 3 is 2.53 bits per heavy atom. The van der Waals surface area contributed by atoms with Crippen molar-refractivity contribution in [3.05, 3.63) is 60.2 Å². The van der Waals surface area contributed by atoms with Crippen molar-refractivity contribution < 1.29 is 4.79 Å². The summed E-state index contributed by atoms with van der Waals surface area (Å²) in [6.07, 6.45) is 1.39. The van der Waals surface area contributed by atoms with Crippen molar-refractivity contribution in [2.75, 3.05) is 0 Å². The minimum absolute atomic E-state index is 0.0662. The number of benzene rings is 2. The van der Waals surface area contributed by atoms with Crippen LogP contribution in [0, 0.1) is 6.92 Å². The van der Waals surface area contributed by atoms with Gasteiger partial charge >= 0.3 is 0 Å². The van der Waals surface area contributed by atoms with Gasteiger partial charge in [-0.1, -0.05) is 55.5 Å². The van der Waals surface area contributed by atoms with E-state index in [2.05, 4.69) is 43.8 Å². The highest BCUT2D eigenvalue weighted by atomic mass is 16.1. The van der Waals surface area contributed by atoms with Gasteiger partial charge in [-0.15, -0.1) is 0 Å². The molecule has 2 rings (SSSR count). The second-order valence-electron chi connectivity index (χ2n) is 4.44. The maximum atomic E-state index is 11.6. The Hall–Kier alpha value is -1.89. The summed E-state index contributed by atoms with van der Waals surface area (Å²) >= 11 is 0. The molecular formula is C16H16O. The van der Waals surface area contributed by atoms with Gasteiger partial charge in [0.15, 0.2) is 5.78 Å². The average Bonchev–Trinajstić information content (AvgIpc) is 2.36. The lowest BCUT2D eigenvalue weighted by Crippen LogP contribution is -2.05. The lowest BCUT2D eigenvalue weighted by Gasteiger charge is -2.09. The van der Waals surface area contributed by atoms with Crippen molar-refractivity contribution >= 4 is 16.6 Å². The molecule has 1 nitrogen and oxygen atoms in total. The van der Waals surface area contributed by atoms with Gasteiger partial charge in [-0.3, -0.25) is 4.79 Å². The Balaban J connectivity index is 2.48. The zero-order valence-corrected chi connectivity index (χ0v) is 10.2. The zero-order valence-electron chi connectivity index (χ0n) is 10.2. The van der Waals surface area contributed by atoms with Crippen LogP contribution >= 0.6 is 0 Å². The van der Waals surface area contributed by atoms with Gasteiger partial charge in [0.05, 0.1) is 0 Å². The Morgan fingerprint density at radius 1 is 1.18 bits per heavy atom.